The number of ether oxygens (including phenoxy) is 1. The average Bonchev–Trinajstić information content (AvgIpc) is 3.26. The molecule has 0 aliphatic carbocycles. The summed E-state index contributed by atoms with van der Waals surface area (Å²) in [5, 5.41) is 0. The van der Waals surface area contributed by atoms with Crippen LogP contribution < -0.4 is 5.73 Å². The zero-order valence-electron chi connectivity index (χ0n) is 13.3. The van der Waals surface area contributed by atoms with Crippen molar-refractivity contribution in [2.75, 3.05) is 13.2 Å². The molecule has 1 aliphatic heterocycles. The molecule has 0 spiro atoms. The van der Waals surface area contributed by atoms with E-state index in [1.807, 2.05) is 30.3 Å². The Labute approximate surface area is 145 Å². The lowest BCUT2D eigenvalue weighted by Crippen LogP contribution is -2.36. The van der Waals surface area contributed by atoms with E-state index >= 15 is 0 Å². The van der Waals surface area contributed by atoms with Crippen molar-refractivity contribution in [3.63, 3.8) is 0 Å². The average molecular weight is 344 g/mol. The Morgan fingerprint density at radius 2 is 1.92 bits per heavy atom. The maximum atomic E-state index is 12.9. The van der Waals surface area contributed by atoms with Crippen LogP contribution in [0.2, 0.25) is 0 Å². The van der Waals surface area contributed by atoms with Gasteiger partial charge in [-0.25, -0.2) is 0 Å². The third-order valence-electron chi connectivity index (χ3n) is 4.01. The molecule has 2 heterocycles. The summed E-state index contributed by atoms with van der Waals surface area (Å²) >= 11 is 1.14. The first-order valence-electron chi connectivity index (χ1n) is 7.98. The monoisotopic (exact) mass is 344 g/mol. The minimum Gasteiger partial charge on any atom is -0.376 e. The van der Waals surface area contributed by atoms with Crippen LogP contribution in [0.25, 0.3) is 0 Å². The molecule has 1 aromatic carbocycles. The van der Waals surface area contributed by atoms with E-state index in [1.54, 1.807) is 17.0 Å². The Kier molecular flexibility index (Phi) is 5.27. The highest BCUT2D eigenvalue weighted by Crippen LogP contribution is 2.21. The Morgan fingerprint density at radius 1 is 1.17 bits per heavy atom. The van der Waals surface area contributed by atoms with Gasteiger partial charge in [-0.3, -0.25) is 9.59 Å². The van der Waals surface area contributed by atoms with E-state index in [1.165, 1.54) is 0 Å². The minimum absolute atomic E-state index is 0.0771. The van der Waals surface area contributed by atoms with Crippen molar-refractivity contribution < 1.29 is 14.3 Å². The van der Waals surface area contributed by atoms with Crippen molar-refractivity contribution in [1.29, 1.82) is 0 Å². The molecule has 1 aliphatic rings. The summed E-state index contributed by atoms with van der Waals surface area (Å²) < 4.78 is 5.69. The van der Waals surface area contributed by atoms with Crippen LogP contribution in [-0.2, 0) is 11.3 Å². The Bertz CT molecular complexity index is 708. The summed E-state index contributed by atoms with van der Waals surface area (Å²) in [6, 6.07) is 13.1. The fourth-order valence-corrected chi connectivity index (χ4v) is 3.62. The van der Waals surface area contributed by atoms with E-state index in [0.29, 0.717) is 22.8 Å². The van der Waals surface area contributed by atoms with Gasteiger partial charge in [0.05, 0.1) is 15.9 Å². The Morgan fingerprint density at radius 3 is 2.54 bits per heavy atom. The molecular formula is C18H20N2O3S. The van der Waals surface area contributed by atoms with Crippen LogP contribution in [0.15, 0.2) is 42.5 Å². The molecule has 126 valence electrons. The van der Waals surface area contributed by atoms with Crippen molar-refractivity contribution in [3.8, 4) is 0 Å². The van der Waals surface area contributed by atoms with Gasteiger partial charge < -0.3 is 15.4 Å². The Balaban J connectivity index is 1.78. The number of benzene rings is 1. The maximum Gasteiger partial charge on any atom is 0.264 e. The summed E-state index contributed by atoms with van der Waals surface area (Å²) in [7, 11) is 0. The van der Waals surface area contributed by atoms with Gasteiger partial charge in [-0.2, -0.15) is 0 Å². The molecule has 2 N–H and O–H groups in total. The van der Waals surface area contributed by atoms with Crippen molar-refractivity contribution in [1.82, 2.24) is 4.90 Å². The van der Waals surface area contributed by atoms with E-state index < -0.39 is 5.91 Å². The van der Waals surface area contributed by atoms with Crippen LogP contribution in [0.4, 0.5) is 0 Å². The number of hydrogen-bond acceptors (Lipinski definition) is 4. The number of nitrogens with two attached hydrogens (primary N) is 1. The summed E-state index contributed by atoms with van der Waals surface area (Å²) in [6.07, 6.45) is 2.08. The molecule has 0 radical (unpaired) electrons. The van der Waals surface area contributed by atoms with E-state index in [0.717, 1.165) is 36.3 Å². The summed E-state index contributed by atoms with van der Waals surface area (Å²) in [6.45, 7) is 1.82. The first-order valence-corrected chi connectivity index (χ1v) is 8.79. The van der Waals surface area contributed by atoms with Crippen LogP contribution in [0.1, 0.15) is 37.7 Å². The number of nitrogens with zero attached hydrogens (tertiary/aromatic N) is 1. The molecule has 0 saturated carbocycles. The van der Waals surface area contributed by atoms with Gasteiger partial charge in [-0.05, 0) is 30.5 Å². The minimum atomic E-state index is -0.507. The van der Waals surface area contributed by atoms with Crippen LogP contribution in [-0.4, -0.2) is 36.0 Å². The van der Waals surface area contributed by atoms with Crippen LogP contribution in [0.5, 0.6) is 0 Å². The van der Waals surface area contributed by atoms with Crippen molar-refractivity contribution in [2.45, 2.75) is 25.5 Å². The van der Waals surface area contributed by atoms with Crippen LogP contribution >= 0.6 is 11.3 Å². The SMILES string of the molecule is NC(=O)c1ccc(C(=O)N(Cc2ccccc2)C[C@H]2CCCO2)s1. The molecule has 0 unspecified atom stereocenters. The second-order valence-electron chi connectivity index (χ2n) is 5.83. The normalized spacial score (nSPS) is 16.9. The fourth-order valence-electron chi connectivity index (χ4n) is 2.80. The molecule has 1 aromatic heterocycles. The number of amides is 2. The topological polar surface area (TPSA) is 72.6 Å². The van der Waals surface area contributed by atoms with Gasteiger partial charge in [0, 0.05) is 19.7 Å². The van der Waals surface area contributed by atoms with Gasteiger partial charge in [-0.1, -0.05) is 30.3 Å². The van der Waals surface area contributed by atoms with Gasteiger partial charge in [0.25, 0.3) is 11.8 Å². The molecule has 0 bridgehead atoms. The second kappa shape index (κ2) is 7.59. The number of hydrogen-bond donors (Lipinski definition) is 1. The number of thiophene rings is 1. The highest BCUT2D eigenvalue weighted by atomic mass is 32.1. The van der Waals surface area contributed by atoms with Crippen molar-refractivity contribution >= 4 is 23.2 Å². The highest BCUT2D eigenvalue weighted by Gasteiger charge is 2.25. The number of rotatable bonds is 6. The third-order valence-corrected chi connectivity index (χ3v) is 5.10. The molecule has 5 nitrogen and oxygen atoms in total. The standard InChI is InChI=1S/C18H20N2O3S/c19-17(21)15-8-9-16(24-15)18(22)20(12-14-7-4-10-23-14)11-13-5-2-1-3-6-13/h1-3,5-6,8-9,14H,4,7,10-12H2,(H2,19,21)/t14-/m1/s1. The van der Waals surface area contributed by atoms with Crippen LogP contribution in [0, 0.1) is 0 Å². The summed E-state index contributed by atoms with van der Waals surface area (Å²) in [5.74, 6) is -0.598. The molecule has 1 saturated heterocycles. The second-order valence-corrected chi connectivity index (χ2v) is 6.92. The summed E-state index contributed by atoms with van der Waals surface area (Å²) in [4.78, 5) is 26.9. The third kappa shape index (κ3) is 4.01. The van der Waals surface area contributed by atoms with Crippen molar-refractivity contribution in [3.05, 3.63) is 57.8 Å². The largest absolute Gasteiger partial charge is 0.376 e. The highest BCUT2D eigenvalue weighted by molar-refractivity contribution is 7.15. The molecular weight excluding hydrogens is 324 g/mol. The lowest BCUT2D eigenvalue weighted by molar-refractivity contribution is 0.0511. The molecule has 1 atom stereocenters. The molecule has 3 rings (SSSR count). The zero-order valence-corrected chi connectivity index (χ0v) is 14.1. The van der Waals surface area contributed by atoms with Crippen molar-refractivity contribution in [2.24, 2.45) is 5.73 Å². The van der Waals surface area contributed by atoms with Gasteiger partial charge in [0.15, 0.2) is 0 Å². The lowest BCUT2D eigenvalue weighted by Gasteiger charge is -2.25. The summed E-state index contributed by atoms with van der Waals surface area (Å²) in [5.41, 5.74) is 6.35. The van der Waals surface area contributed by atoms with Gasteiger partial charge in [0.1, 0.15) is 0 Å². The van der Waals surface area contributed by atoms with E-state index in [4.69, 9.17) is 10.5 Å². The molecule has 1 fully saturated rings. The molecule has 2 aromatic rings. The van der Waals surface area contributed by atoms with Gasteiger partial charge in [-0.15, -0.1) is 11.3 Å². The van der Waals surface area contributed by atoms with E-state index in [9.17, 15) is 9.59 Å². The van der Waals surface area contributed by atoms with Gasteiger partial charge in [0.2, 0.25) is 0 Å². The zero-order chi connectivity index (χ0) is 16.9. The van der Waals surface area contributed by atoms with E-state index in [2.05, 4.69) is 0 Å². The maximum absolute atomic E-state index is 12.9. The number of carbonyl (C=O) groups is 2. The van der Waals surface area contributed by atoms with E-state index in [-0.39, 0.29) is 12.0 Å². The predicted octanol–water partition coefficient (Wildman–Crippen LogP) is 2.67. The first-order chi connectivity index (χ1) is 11.6. The molecule has 2 amide bonds. The Hall–Kier alpha value is -2.18. The lowest BCUT2D eigenvalue weighted by atomic mass is 10.1. The number of carbonyl (C=O) groups excluding carboxylic acids is 2. The predicted molar refractivity (Wildman–Crippen MR) is 93.0 cm³/mol. The quantitative estimate of drug-likeness (QED) is 0.875. The molecule has 6 heteroatoms. The van der Waals surface area contributed by atoms with Gasteiger partial charge >= 0.3 is 0 Å². The van der Waals surface area contributed by atoms with Crippen LogP contribution in [0.3, 0.4) is 0 Å². The molecule has 24 heavy (non-hydrogen) atoms. The smallest absolute Gasteiger partial charge is 0.264 e. The number of primary amides is 1. The first kappa shape index (κ1) is 16.7. The fraction of sp³-hybridized carbons (Fsp3) is 0.333.